The molecule has 3 N–H and O–H groups in total. The summed E-state index contributed by atoms with van der Waals surface area (Å²) >= 11 is 21.1. The molecular weight excluding hydrogens is 1360 g/mol. The minimum Gasteiger partial charge on any atom is -0.393 e. The van der Waals surface area contributed by atoms with Gasteiger partial charge in [-0.3, -0.25) is 15.0 Å². The molecule has 14 rings (SSSR count). The number of hydrogen-bond acceptors (Lipinski definition) is 22. The third-order valence-electron chi connectivity index (χ3n) is 18.6. The first-order valence-corrected chi connectivity index (χ1v) is 37.7. The quantitative estimate of drug-likeness (QED) is 0.0689. The average molecular weight is 1440 g/mol. The number of rotatable bonds is 9. The summed E-state index contributed by atoms with van der Waals surface area (Å²) in [6, 6.07) is 12.6. The first-order valence-electron chi connectivity index (χ1n) is 33.5. The molecule has 0 bridgehead atoms. The maximum atomic E-state index is 11.8. The zero-order chi connectivity index (χ0) is 71.7. The molecule has 0 aliphatic carbocycles. The highest BCUT2D eigenvalue weighted by Crippen LogP contribution is 2.41. The molecule has 2 fully saturated rings. The topological polar surface area (TPSA) is 254 Å². The van der Waals surface area contributed by atoms with Gasteiger partial charge in [0.25, 0.3) is 0 Å². The summed E-state index contributed by atoms with van der Waals surface area (Å²) in [6.07, 6.45) is 24.8. The number of piperidine rings is 2. The molecule has 5 aliphatic heterocycles. The molecule has 0 saturated carbocycles. The van der Waals surface area contributed by atoms with Crippen LogP contribution in [0, 0.1) is 41.5 Å². The number of pyridine rings is 6. The maximum absolute atomic E-state index is 11.8. The summed E-state index contributed by atoms with van der Waals surface area (Å²) in [5.41, 5.74) is 18.1. The normalized spacial score (nSPS) is 17.5. The van der Waals surface area contributed by atoms with E-state index >= 15 is 0 Å². The number of nitrogens with zero attached hydrogens (tertiary/aromatic N) is 16. The SMILES string of the molecule is CSc1ncc2c(n1)CCN(c1cc(-c3ncc(C)cc3C)c(Cl)cn1)[C@H]2C.Cc1cnc(-c2cc(N3CCc4nc(N5CCC(O)CC5)ncc4[C@@H]3C)ncc2Cl)c(C)c1.Cc1cnc(-c2cc(N3CCc4nc(S(C)(=O)=O)ncc4[C@@H]3C)ncc2Cl)c(C)c1.OC1CCNCC1.[B][B]. The van der Waals surface area contributed by atoms with Crippen LogP contribution in [0.5, 0.6) is 0 Å². The van der Waals surface area contributed by atoms with Crippen LogP contribution in [0.2, 0.25) is 15.1 Å². The lowest BCUT2D eigenvalue weighted by molar-refractivity contribution is 0.137. The number of fused-ring (bicyclic) bond motifs is 3. The second kappa shape index (κ2) is 33.5. The van der Waals surface area contributed by atoms with Crippen molar-refractivity contribution in [2.75, 3.05) is 77.9 Å². The Kier molecular flexibility index (Phi) is 25.2. The highest BCUT2D eigenvalue weighted by atomic mass is 35.5. The predicted octanol–water partition coefficient (Wildman–Crippen LogP) is 12.0. The number of anilines is 4. The highest BCUT2D eigenvalue weighted by molar-refractivity contribution is 7.98. The number of sulfone groups is 1. The Morgan fingerprint density at radius 3 is 1.22 bits per heavy atom. The van der Waals surface area contributed by atoms with E-state index in [1.165, 1.54) is 0 Å². The van der Waals surface area contributed by atoms with Crippen LogP contribution >= 0.6 is 46.6 Å². The van der Waals surface area contributed by atoms with Crippen LogP contribution in [0.1, 0.15) is 132 Å². The van der Waals surface area contributed by atoms with Crippen LogP contribution in [0.4, 0.5) is 23.4 Å². The molecule has 9 aromatic rings. The third kappa shape index (κ3) is 17.7. The van der Waals surface area contributed by atoms with Crippen molar-refractivity contribution in [1.29, 1.82) is 0 Å². The lowest BCUT2D eigenvalue weighted by Crippen LogP contribution is -2.38. The van der Waals surface area contributed by atoms with E-state index in [9.17, 15) is 13.5 Å². The van der Waals surface area contributed by atoms with Crippen LogP contribution in [0.3, 0.4) is 0 Å². The molecule has 520 valence electrons. The molecule has 2 saturated heterocycles. The van der Waals surface area contributed by atoms with Crippen LogP contribution < -0.4 is 24.9 Å². The lowest BCUT2D eigenvalue weighted by atomic mass is 9.81. The van der Waals surface area contributed by atoms with E-state index in [1.807, 2.05) is 90.1 Å². The van der Waals surface area contributed by atoms with Crippen molar-refractivity contribution < 1.29 is 18.6 Å². The molecule has 100 heavy (non-hydrogen) atoms. The van der Waals surface area contributed by atoms with Crippen molar-refractivity contribution in [3.05, 3.63) is 174 Å². The zero-order valence-electron chi connectivity index (χ0n) is 58.4. The number of nitrogens with one attached hydrogen (secondary N) is 1. The Morgan fingerprint density at radius 1 is 0.480 bits per heavy atom. The molecule has 0 spiro atoms. The van der Waals surface area contributed by atoms with Gasteiger partial charge in [-0.25, -0.2) is 53.3 Å². The van der Waals surface area contributed by atoms with Crippen LogP contribution in [-0.4, -0.2) is 164 Å². The van der Waals surface area contributed by atoms with Crippen LogP contribution in [-0.2, 0) is 29.1 Å². The van der Waals surface area contributed by atoms with E-state index in [2.05, 4.69) is 141 Å². The molecule has 0 aromatic carbocycles. The summed E-state index contributed by atoms with van der Waals surface area (Å²) in [4.78, 5) is 63.6. The first-order chi connectivity index (χ1) is 47.9. The highest BCUT2D eigenvalue weighted by Gasteiger charge is 2.32. The van der Waals surface area contributed by atoms with Gasteiger partial charge < -0.3 is 35.1 Å². The van der Waals surface area contributed by atoms with Gasteiger partial charge in [0, 0.05) is 163 Å². The lowest BCUT2D eigenvalue weighted by Gasteiger charge is -2.36. The van der Waals surface area contributed by atoms with Gasteiger partial charge >= 0.3 is 0 Å². The van der Waals surface area contributed by atoms with Gasteiger partial charge in [0.2, 0.25) is 20.9 Å². The second-order valence-corrected chi connectivity index (χ2v) is 29.7. The van der Waals surface area contributed by atoms with Gasteiger partial charge in [-0.1, -0.05) is 64.8 Å². The van der Waals surface area contributed by atoms with E-state index < -0.39 is 9.84 Å². The van der Waals surface area contributed by atoms with Crippen molar-refractivity contribution in [1.82, 2.24) is 65.1 Å². The number of halogens is 3. The largest absolute Gasteiger partial charge is 0.393 e. The number of aliphatic hydroxyl groups is 2. The van der Waals surface area contributed by atoms with E-state index in [0.29, 0.717) is 28.0 Å². The Balaban J connectivity index is 0.000000153. The zero-order valence-corrected chi connectivity index (χ0v) is 62.3. The van der Waals surface area contributed by atoms with Gasteiger partial charge in [0.1, 0.15) is 17.5 Å². The summed E-state index contributed by atoms with van der Waals surface area (Å²) in [6.45, 7) is 24.5. The van der Waals surface area contributed by atoms with Gasteiger partial charge in [0.15, 0.2) is 5.16 Å². The molecule has 9 aromatic heterocycles. The van der Waals surface area contributed by atoms with Crippen molar-refractivity contribution in [2.24, 2.45) is 0 Å². The molecule has 3 atom stereocenters. The second-order valence-electron chi connectivity index (χ2n) is 25.8. The number of aromatic nitrogens is 12. The molecular formula is C72H84B2Cl3N17O4S2. The predicted molar refractivity (Wildman–Crippen MR) is 402 cm³/mol. The first kappa shape index (κ1) is 75.2. The van der Waals surface area contributed by atoms with E-state index in [1.54, 1.807) is 36.5 Å². The van der Waals surface area contributed by atoms with Crippen molar-refractivity contribution in [3.63, 3.8) is 0 Å². The Morgan fingerprint density at radius 2 is 0.850 bits per heavy atom. The Hall–Kier alpha value is -7.48. The summed E-state index contributed by atoms with van der Waals surface area (Å²) in [5, 5.41) is 24.3. The standard InChI is InChI=1S/C25H29ClN6O.C21H22ClN5O2S.C21H22ClN5S.C5H11NO.B2/c1-15-10-16(2)24(28-12-15)19-11-23(27-14-21(19)26)32-9-6-22-20(17(32)3)13-29-25(30-22)31-7-4-18(33)5-8-31;1-12-7-13(2)20(24-9-12)15-8-19(23-11-17(15)22)27-6-5-18-16(14(27)3)10-25-21(26-18)30(4,28)29;1-12-7-13(2)20(24-9-12)15-8-19(23-11-17(15)22)27-6-5-18-16(14(27)3)10-25-21(26-18)28-4;7-5-1-3-6-4-2-5;1-2/h10-14,17-18,33H,4-9H2,1-3H3;7-11,14H,5-6H2,1-4H3;7-11,14H,5-6H2,1-4H3;5-7H,1-4H2;/t17-;2*14-;;/m000../s1. The molecule has 4 radical (unpaired) electrons. The molecule has 0 unspecified atom stereocenters. The van der Waals surface area contributed by atoms with Gasteiger partial charge in [-0.05, 0) is 159 Å². The van der Waals surface area contributed by atoms with Gasteiger partial charge in [-0.15, -0.1) is 0 Å². The monoisotopic (exact) mass is 1440 g/mol. The fraction of sp³-hybridized carbons (Fsp3) is 0.417. The van der Waals surface area contributed by atoms with Crippen molar-refractivity contribution in [3.8, 4) is 33.8 Å². The van der Waals surface area contributed by atoms with Gasteiger partial charge in [0.05, 0.1) is 79.6 Å². The van der Waals surface area contributed by atoms with Crippen molar-refractivity contribution >= 4 is 95.3 Å². The summed E-state index contributed by atoms with van der Waals surface area (Å²) < 4.78 is 23.5. The van der Waals surface area contributed by atoms with Gasteiger partial charge in [-0.2, -0.15) is 0 Å². The summed E-state index contributed by atoms with van der Waals surface area (Å²) in [7, 11) is 4.56. The molecule has 28 heteroatoms. The fourth-order valence-electron chi connectivity index (χ4n) is 13.2. The minimum atomic E-state index is -3.44. The van der Waals surface area contributed by atoms with E-state index in [4.69, 9.17) is 44.9 Å². The number of aliphatic hydroxyl groups excluding tert-OH is 2. The molecule has 0 amide bonds. The van der Waals surface area contributed by atoms with E-state index in [-0.39, 0.29) is 35.5 Å². The average Bonchev–Trinajstić information content (AvgIpc) is 0.786. The molecule has 21 nitrogen and oxygen atoms in total. The van der Waals surface area contributed by atoms with Crippen LogP contribution in [0.15, 0.2) is 102 Å². The number of aryl methyl sites for hydroxylation is 6. The van der Waals surface area contributed by atoms with Crippen molar-refractivity contribution in [2.45, 2.75) is 148 Å². The minimum absolute atomic E-state index is 0.0266. The summed E-state index contributed by atoms with van der Waals surface area (Å²) in [5.74, 6) is 3.33. The smallest absolute Gasteiger partial charge is 0.246 e. The maximum Gasteiger partial charge on any atom is 0.246 e. The third-order valence-corrected chi connectivity index (χ3v) is 20.9. The fourth-order valence-corrected chi connectivity index (χ4v) is 14.6. The number of thioether (sulfide) groups is 1. The molecule has 14 heterocycles. The number of hydrogen-bond donors (Lipinski definition) is 3. The Labute approximate surface area is 609 Å². The Bertz CT molecular complexity index is 4500. The van der Waals surface area contributed by atoms with E-state index in [0.717, 1.165) is 214 Å². The molecule has 5 aliphatic rings. The van der Waals surface area contributed by atoms with Crippen LogP contribution in [0.25, 0.3) is 33.8 Å².